The summed E-state index contributed by atoms with van der Waals surface area (Å²) >= 11 is 0. The number of benzene rings is 1. The first-order chi connectivity index (χ1) is 16.5. The van der Waals surface area contributed by atoms with E-state index in [0.717, 1.165) is 50.0 Å². The average molecular weight is 466 g/mol. The van der Waals surface area contributed by atoms with Crippen LogP contribution in [0.4, 0.5) is 5.69 Å². The zero-order chi connectivity index (χ0) is 23.9. The molecular weight excluding hydrogens is 434 g/mol. The molecule has 9 nitrogen and oxygen atoms in total. The maximum atomic E-state index is 13.3. The van der Waals surface area contributed by atoms with Gasteiger partial charge in [0.15, 0.2) is 0 Å². The summed E-state index contributed by atoms with van der Waals surface area (Å²) < 4.78 is 5.01. The van der Waals surface area contributed by atoms with Crippen LogP contribution in [0.1, 0.15) is 48.0 Å². The van der Waals surface area contributed by atoms with E-state index in [1.54, 1.807) is 11.0 Å². The van der Waals surface area contributed by atoms with Crippen molar-refractivity contribution in [3.05, 3.63) is 54.0 Å². The number of carbonyl (C=O) groups excluding carboxylic acids is 3. The molecule has 1 aromatic carbocycles. The molecule has 2 aliphatic rings. The summed E-state index contributed by atoms with van der Waals surface area (Å²) in [4.78, 5) is 46.8. The number of amides is 3. The van der Waals surface area contributed by atoms with Gasteiger partial charge in [-0.25, -0.2) is 4.99 Å². The Morgan fingerprint density at radius 1 is 1.12 bits per heavy atom. The maximum Gasteiger partial charge on any atom is 0.261 e. The van der Waals surface area contributed by atoms with Gasteiger partial charge in [0.1, 0.15) is 12.3 Å². The van der Waals surface area contributed by atoms with Crippen molar-refractivity contribution in [2.75, 3.05) is 31.5 Å². The number of hydrogen-bond acceptors (Lipinski definition) is 5. The smallest absolute Gasteiger partial charge is 0.261 e. The fourth-order valence-electron chi connectivity index (χ4n) is 4.28. The van der Waals surface area contributed by atoms with Crippen LogP contribution in [0, 0.1) is 6.92 Å². The van der Waals surface area contributed by atoms with Gasteiger partial charge in [0.25, 0.3) is 5.91 Å². The highest BCUT2D eigenvalue weighted by Gasteiger charge is 2.30. The second-order valence-electron chi connectivity index (χ2n) is 8.80. The van der Waals surface area contributed by atoms with Crippen molar-refractivity contribution < 1.29 is 18.8 Å². The van der Waals surface area contributed by atoms with E-state index >= 15 is 0 Å². The van der Waals surface area contributed by atoms with E-state index in [1.807, 2.05) is 36.1 Å². The molecular formula is C25H31N5O4. The Bertz CT molecular complexity index is 1040. The highest BCUT2D eigenvalue weighted by Crippen LogP contribution is 2.17. The van der Waals surface area contributed by atoms with Crippen molar-refractivity contribution >= 4 is 29.4 Å². The number of guanidine groups is 1. The Labute approximate surface area is 199 Å². The number of furan rings is 1. The van der Waals surface area contributed by atoms with Crippen LogP contribution in [0.25, 0.3) is 0 Å². The predicted octanol–water partition coefficient (Wildman–Crippen LogP) is 2.79. The molecule has 3 amide bonds. The van der Waals surface area contributed by atoms with Gasteiger partial charge in [-0.3, -0.25) is 19.7 Å². The monoisotopic (exact) mass is 465 g/mol. The summed E-state index contributed by atoms with van der Waals surface area (Å²) in [6.07, 6.45) is 6.96. The lowest BCUT2D eigenvalue weighted by atomic mass is 10.1. The van der Waals surface area contributed by atoms with E-state index in [1.165, 1.54) is 12.5 Å². The average Bonchev–Trinajstić information content (AvgIpc) is 3.52. The number of nitrogens with one attached hydrogen (secondary N) is 2. The van der Waals surface area contributed by atoms with Crippen LogP contribution >= 0.6 is 0 Å². The molecule has 1 unspecified atom stereocenters. The second kappa shape index (κ2) is 11.0. The Morgan fingerprint density at radius 2 is 1.91 bits per heavy atom. The highest BCUT2D eigenvalue weighted by atomic mass is 16.3. The van der Waals surface area contributed by atoms with Gasteiger partial charge in [0, 0.05) is 25.3 Å². The third-order valence-corrected chi connectivity index (χ3v) is 6.12. The van der Waals surface area contributed by atoms with Crippen LogP contribution in [-0.2, 0) is 9.59 Å². The standard InChI is InChI=1S/C25H31N5O4/c1-18-7-6-8-20(15-18)26-25(28-23(32)19-10-14-34-17-19)27-21-9-2-3-13-30(24(21)33)16-22(31)29-11-4-5-12-29/h6-8,10,14-15,17,21H,2-5,9,11-13,16H2,1H3,(H2,26,27,28,32). The number of nitrogens with zero attached hydrogens (tertiary/aromatic N) is 3. The van der Waals surface area contributed by atoms with E-state index in [0.29, 0.717) is 18.5 Å². The lowest BCUT2D eigenvalue weighted by molar-refractivity contribution is -0.140. The molecule has 2 aromatic rings. The molecule has 34 heavy (non-hydrogen) atoms. The largest absolute Gasteiger partial charge is 0.472 e. The minimum atomic E-state index is -0.689. The van der Waals surface area contributed by atoms with E-state index in [4.69, 9.17) is 4.42 Å². The first kappa shape index (κ1) is 23.5. The molecule has 0 bridgehead atoms. The lowest BCUT2D eigenvalue weighted by Gasteiger charge is -2.25. The van der Waals surface area contributed by atoms with Crippen molar-refractivity contribution in [3.8, 4) is 0 Å². The van der Waals surface area contributed by atoms with Crippen LogP contribution in [0.3, 0.4) is 0 Å². The van der Waals surface area contributed by atoms with E-state index in [9.17, 15) is 14.4 Å². The molecule has 4 rings (SSSR count). The third-order valence-electron chi connectivity index (χ3n) is 6.12. The normalized spacial score (nSPS) is 19.1. The van der Waals surface area contributed by atoms with Crippen LogP contribution < -0.4 is 10.6 Å². The Morgan fingerprint density at radius 3 is 2.65 bits per heavy atom. The van der Waals surface area contributed by atoms with E-state index < -0.39 is 11.9 Å². The zero-order valence-corrected chi connectivity index (χ0v) is 19.5. The molecule has 2 aliphatic heterocycles. The number of carbonyl (C=O) groups is 3. The Kier molecular flexibility index (Phi) is 7.61. The number of likely N-dealkylation sites (tertiary alicyclic amines) is 2. The van der Waals surface area contributed by atoms with E-state index in [2.05, 4.69) is 15.6 Å². The van der Waals surface area contributed by atoms with Gasteiger partial charge in [-0.05, 0) is 62.8 Å². The van der Waals surface area contributed by atoms with Crippen LogP contribution in [0.2, 0.25) is 0 Å². The molecule has 1 aromatic heterocycles. The van der Waals surface area contributed by atoms with Crippen molar-refractivity contribution in [1.82, 2.24) is 15.1 Å². The van der Waals surface area contributed by atoms with Gasteiger partial charge in [0.2, 0.25) is 17.8 Å². The van der Waals surface area contributed by atoms with Crippen molar-refractivity contribution in [2.24, 2.45) is 4.99 Å². The number of hydrogen-bond donors (Lipinski definition) is 2. The summed E-state index contributed by atoms with van der Waals surface area (Å²) in [6, 6.07) is 8.53. The number of aryl methyl sites for hydroxylation is 1. The summed E-state index contributed by atoms with van der Waals surface area (Å²) in [5.41, 5.74) is 2.14. The number of anilines is 1. The molecule has 0 radical (unpaired) electrons. The van der Waals surface area contributed by atoms with Crippen LogP contribution in [0.15, 0.2) is 52.3 Å². The predicted molar refractivity (Wildman–Crippen MR) is 128 cm³/mol. The summed E-state index contributed by atoms with van der Waals surface area (Å²) in [5.74, 6) is -0.411. The first-order valence-electron chi connectivity index (χ1n) is 11.8. The number of aliphatic imine (C=N–C) groups is 1. The number of rotatable bonds is 5. The second-order valence-corrected chi connectivity index (χ2v) is 8.80. The molecule has 3 heterocycles. The van der Waals surface area contributed by atoms with Gasteiger partial charge < -0.3 is 19.5 Å². The Hall–Kier alpha value is -3.62. The minimum absolute atomic E-state index is 0.0122. The minimum Gasteiger partial charge on any atom is -0.472 e. The van der Waals surface area contributed by atoms with Crippen LogP contribution in [0.5, 0.6) is 0 Å². The third kappa shape index (κ3) is 6.03. The molecule has 2 fully saturated rings. The van der Waals surface area contributed by atoms with Gasteiger partial charge >= 0.3 is 0 Å². The summed E-state index contributed by atoms with van der Waals surface area (Å²) in [7, 11) is 0. The first-order valence-corrected chi connectivity index (χ1v) is 11.8. The maximum absolute atomic E-state index is 13.3. The summed E-state index contributed by atoms with van der Waals surface area (Å²) in [5, 5.41) is 5.91. The molecule has 180 valence electrons. The van der Waals surface area contributed by atoms with Gasteiger partial charge in [-0.1, -0.05) is 12.1 Å². The molecule has 2 saturated heterocycles. The van der Waals surface area contributed by atoms with Gasteiger partial charge in [-0.15, -0.1) is 0 Å². The topological polar surface area (TPSA) is 107 Å². The van der Waals surface area contributed by atoms with Crippen molar-refractivity contribution in [1.29, 1.82) is 0 Å². The SMILES string of the molecule is Cc1cccc(NC(=NC2CCCCN(CC(=O)N3CCCC3)C2=O)NC(=O)c2ccoc2)c1. The van der Waals surface area contributed by atoms with E-state index in [-0.39, 0.29) is 24.3 Å². The molecule has 1 atom stereocenters. The van der Waals surface area contributed by atoms with Gasteiger partial charge in [-0.2, -0.15) is 0 Å². The summed E-state index contributed by atoms with van der Waals surface area (Å²) in [6.45, 7) is 4.09. The fourth-order valence-corrected chi connectivity index (χ4v) is 4.28. The Balaban J connectivity index is 1.53. The zero-order valence-electron chi connectivity index (χ0n) is 19.5. The van der Waals surface area contributed by atoms with Crippen molar-refractivity contribution in [2.45, 2.75) is 45.1 Å². The molecule has 0 aliphatic carbocycles. The van der Waals surface area contributed by atoms with Crippen LogP contribution in [-0.4, -0.2) is 65.7 Å². The molecule has 2 N–H and O–H groups in total. The molecule has 9 heteroatoms. The lowest BCUT2D eigenvalue weighted by Crippen LogP contribution is -2.45. The molecule has 0 spiro atoms. The quantitative estimate of drug-likeness (QED) is 0.522. The van der Waals surface area contributed by atoms with Gasteiger partial charge in [0.05, 0.1) is 18.4 Å². The highest BCUT2D eigenvalue weighted by molar-refractivity contribution is 6.10. The fraction of sp³-hybridized carbons (Fsp3) is 0.440. The molecule has 0 saturated carbocycles. The van der Waals surface area contributed by atoms with Crippen molar-refractivity contribution in [3.63, 3.8) is 0 Å².